The predicted molar refractivity (Wildman–Crippen MR) is 82.7 cm³/mol. The Balaban J connectivity index is 1.61. The van der Waals surface area contributed by atoms with E-state index in [0.717, 1.165) is 29.7 Å². The van der Waals surface area contributed by atoms with Gasteiger partial charge in [0.2, 0.25) is 5.91 Å². The largest absolute Gasteiger partial charge is 0.279 e. The van der Waals surface area contributed by atoms with E-state index in [9.17, 15) is 14.0 Å². The van der Waals surface area contributed by atoms with Crippen LogP contribution in [0, 0.1) is 11.7 Å². The van der Waals surface area contributed by atoms with E-state index in [1.54, 1.807) is 24.3 Å². The molecule has 0 atom stereocenters. The summed E-state index contributed by atoms with van der Waals surface area (Å²) in [6.45, 7) is 0. The summed E-state index contributed by atoms with van der Waals surface area (Å²) in [5.41, 5.74) is 5.74. The van der Waals surface area contributed by atoms with Gasteiger partial charge in [0.15, 0.2) is 0 Å². The molecule has 6 heteroatoms. The third-order valence-corrected chi connectivity index (χ3v) is 4.87. The van der Waals surface area contributed by atoms with E-state index in [2.05, 4.69) is 10.9 Å². The second-order valence-electron chi connectivity index (χ2n) is 5.24. The first-order chi connectivity index (χ1) is 10.6. The number of nitrogens with one attached hydrogen (secondary N) is 2. The molecule has 114 valence electrons. The lowest BCUT2D eigenvalue weighted by Crippen LogP contribution is -2.45. The van der Waals surface area contributed by atoms with Crippen molar-refractivity contribution in [2.24, 2.45) is 5.92 Å². The van der Waals surface area contributed by atoms with E-state index >= 15 is 0 Å². The van der Waals surface area contributed by atoms with Gasteiger partial charge >= 0.3 is 0 Å². The first kappa shape index (κ1) is 14.7. The van der Waals surface area contributed by atoms with Gasteiger partial charge in [-0.05, 0) is 42.7 Å². The standard InChI is InChI=1S/C16H15FN2O2S/c17-12-6-4-10(5-7-12)13-8-9-14(22-13)16(21)19-18-15(20)11-2-1-3-11/h4-9,11H,1-3H2,(H,18,20)(H,19,21). The Hall–Kier alpha value is -2.21. The molecule has 0 saturated heterocycles. The van der Waals surface area contributed by atoms with Crippen LogP contribution < -0.4 is 10.9 Å². The summed E-state index contributed by atoms with van der Waals surface area (Å²) in [6, 6.07) is 9.60. The van der Waals surface area contributed by atoms with Gasteiger partial charge in [0.05, 0.1) is 4.88 Å². The highest BCUT2D eigenvalue weighted by Gasteiger charge is 2.25. The van der Waals surface area contributed by atoms with Crippen molar-refractivity contribution in [3.8, 4) is 10.4 Å². The maximum absolute atomic E-state index is 12.9. The predicted octanol–water partition coefficient (Wildman–Crippen LogP) is 3.12. The molecule has 1 aliphatic rings. The number of hydrazine groups is 1. The highest BCUT2D eigenvalue weighted by atomic mass is 32.1. The summed E-state index contributed by atoms with van der Waals surface area (Å²) in [6.07, 6.45) is 2.84. The number of halogens is 1. The van der Waals surface area contributed by atoms with E-state index in [4.69, 9.17) is 0 Å². The number of carbonyl (C=O) groups excluding carboxylic acids is 2. The molecule has 1 heterocycles. The first-order valence-electron chi connectivity index (χ1n) is 7.09. The minimum Gasteiger partial charge on any atom is -0.273 e. The average Bonchev–Trinajstić information content (AvgIpc) is 2.93. The van der Waals surface area contributed by atoms with Crippen molar-refractivity contribution in [3.63, 3.8) is 0 Å². The SMILES string of the molecule is O=C(NNC(=O)C1CCC1)c1ccc(-c2ccc(F)cc2)s1. The fourth-order valence-corrected chi connectivity index (χ4v) is 3.09. The molecule has 1 aromatic carbocycles. The van der Waals surface area contributed by atoms with Gasteiger partial charge in [0, 0.05) is 10.8 Å². The van der Waals surface area contributed by atoms with Crippen molar-refractivity contribution in [1.29, 1.82) is 0 Å². The van der Waals surface area contributed by atoms with Crippen molar-refractivity contribution in [2.45, 2.75) is 19.3 Å². The molecular formula is C16H15FN2O2S. The number of hydrogen-bond acceptors (Lipinski definition) is 3. The summed E-state index contributed by atoms with van der Waals surface area (Å²) in [5.74, 6) is -0.739. The molecule has 1 fully saturated rings. The minimum absolute atomic E-state index is 0.0263. The second kappa shape index (κ2) is 6.27. The van der Waals surface area contributed by atoms with Crippen molar-refractivity contribution in [3.05, 3.63) is 47.1 Å². The number of hydrogen-bond donors (Lipinski definition) is 2. The van der Waals surface area contributed by atoms with Crippen LogP contribution in [-0.4, -0.2) is 11.8 Å². The molecule has 22 heavy (non-hydrogen) atoms. The number of amides is 2. The quantitative estimate of drug-likeness (QED) is 0.854. The summed E-state index contributed by atoms with van der Waals surface area (Å²) in [7, 11) is 0. The Morgan fingerprint density at radius 2 is 1.77 bits per heavy atom. The third-order valence-electron chi connectivity index (χ3n) is 3.73. The fraction of sp³-hybridized carbons (Fsp3) is 0.250. The van der Waals surface area contributed by atoms with Crippen LogP contribution in [0.25, 0.3) is 10.4 Å². The number of thiophene rings is 1. The van der Waals surface area contributed by atoms with E-state index < -0.39 is 0 Å². The fourth-order valence-electron chi connectivity index (χ4n) is 2.18. The summed E-state index contributed by atoms with van der Waals surface area (Å²) < 4.78 is 12.9. The van der Waals surface area contributed by atoms with Crippen LogP contribution in [0.5, 0.6) is 0 Å². The highest BCUT2D eigenvalue weighted by molar-refractivity contribution is 7.17. The second-order valence-corrected chi connectivity index (χ2v) is 6.33. The molecule has 2 amide bonds. The molecule has 1 aliphatic carbocycles. The number of benzene rings is 1. The Kier molecular flexibility index (Phi) is 4.20. The summed E-state index contributed by atoms with van der Waals surface area (Å²) in [4.78, 5) is 25.0. The van der Waals surface area contributed by atoms with Gasteiger partial charge in [-0.25, -0.2) is 4.39 Å². The Labute approximate surface area is 131 Å². The van der Waals surface area contributed by atoms with Crippen LogP contribution in [0.1, 0.15) is 28.9 Å². The minimum atomic E-state index is -0.342. The van der Waals surface area contributed by atoms with Crippen molar-refractivity contribution >= 4 is 23.2 Å². The zero-order chi connectivity index (χ0) is 15.5. The summed E-state index contributed by atoms with van der Waals surface area (Å²) in [5, 5.41) is 0. The Morgan fingerprint density at radius 1 is 1.05 bits per heavy atom. The van der Waals surface area contributed by atoms with Crippen LogP contribution in [0.15, 0.2) is 36.4 Å². The molecule has 1 aromatic heterocycles. The van der Waals surface area contributed by atoms with E-state index in [1.165, 1.54) is 23.5 Å². The molecule has 3 rings (SSSR count). The number of rotatable bonds is 3. The van der Waals surface area contributed by atoms with Gasteiger partial charge < -0.3 is 0 Å². The Morgan fingerprint density at radius 3 is 2.41 bits per heavy atom. The van der Waals surface area contributed by atoms with Crippen LogP contribution in [0.2, 0.25) is 0 Å². The third kappa shape index (κ3) is 3.17. The number of carbonyl (C=O) groups is 2. The monoisotopic (exact) mass is 318 g/mol. The van der Waals surface area contributed by atoms with Gasteiger partial charge in [0.1, 0.15) is 5.82 Å². The molecule has 0 unspecified atom stereocenters. The summed E-state index contributed by atoms with van der Waals surface area (Å²) >= 11 is 1.29. The molecule has 0 bridgehead atoms. The Bertz CT molecular complexity index is 692. The van der Waals surface area contributed by atoms with Crippen molar-refractivity contribution in [1.82, 2.24) is 10.9 Å². The molecule has 1 saturated carbocycles. The lowest BCUT2D eigenvalue weighted by molar-refractivity contribution is -0.128. The zero-order valence-electron chi connectivity index (χ0n) is 11.8. The zero-order valence-corrected chi connectivity index (χ0v) is 12.6. The highest BCUT2D eigenvalue weighted by Crippen LogP contribution is 2.28. The van der Waals surface area contributed by atoms with Crippen molar-refractivity contribution in [2.75, 3.05) is 0 Å². The molecule has 0 spiro atoms. The maximum Gasteiger partial charge on any atom is 0.279 e. The molecule has 2 aromatic rings. The van der Waals surface area contributed by atoms with Crippen molar-refractivity contribution < 1.29 is 14.0 Å². The first-order valence-corrected chi connectivity index (χ1v) is 7.91. The van der Waals surface area contributed by atoms with Crippen LogP contribution in [0.4, 0.5) is 4.39 Å². The average molecular weight is 318 g/mol. The van der Waals surface area contributed by atoms with Gasteiger partial charge in [-0.3, -0.25) is 20.4 Å². The van der Waals surface area contributed by atoms with Gasteiger partial charge in [-0.15, -0.1) is 11.3 Å². The lowest BCUT2D eigenvalue weighted by atomic mass is 9.85. The van der Waals surface area contributed by atoms with E-state index in [-0.39, 0.29) is 23.5 Å². The van der Waals surface area contributed by atoms with Gasteiger partial charge in [-0.1, -0.05) is 18.6 Å². The maximum atomic E-state index is 12.9. The molecule has 4 nitrogen and oxygen atoms in total. The van der Waals surface area contributed by atoms with E-state index in [1.807, 2.05) is 0 Å². The topological polar surface area (TPSA) is 58.2 Å². The normalized spacial score (nSPS) is 14.2. The van der Waals surface area contributed by atoms with Crippen LogP contribution in [-0.2, 0) is 4.79 Å². The smallest absolute Gasteiger partial charge is 0.273 e. The molecule has 0 aliphatic heterocycles. The van der Waals surface area contributed by atoms with Gasteiger partial charge in [0.25, 0.3) is 5.91 Å². The molecular weight excluding hydrogens is 303 g/mol. The lowest BCUT2D eigenvalue weighted by Gasteiger charge is -2.23. The molecule has 0 radical (unpaired) electrons. The van der Waals surface area contributed by atoms with E-state index in [0.29, 0.717) is 4.88 Å². The van der Waals surface area contributed by atoms with Gasteiger partial charge in [-0.2, -0.15) is 0 Å². The molecule has 2 N–H and O–H groups in total. The van der Waals surface area contributed by atoms with Crippen LogP contribution >= 0.6 is 11.3 Å². The van der Waals surface area contributed by atoms with Crippen LogP contribution in [0.3, 0.4) is 0 Å².